The van der Waals surface area contributed by atoms with Crippen molar-refractivity contribution in [3.63, 3.8) is 0 Å². The van der Waals surface area contributed by atoms with Crippen molar-refractivity contribution in [2.45, 2.75) is 20.0 Å². The third-order valence-electron chi connectivity index (χ3n) is 3.37. The van der Waals surface area contributed by atoms with Crippen LogP contribution in [0.2, 0.25) is 0 Å². The van der Waals surface area contributed by atoms with Crippen molar-refractivity contribution in [2.24, 2.45) is 0 Å². The maximum absolute atomic E-state index is 13.1. The molecule has 0 N–H and O–H groups in total. The fourth-order valence-electron chi connectivity index (χ4n) is 2.41. The Bertz CT molecular complexity index is 841. The van der Waals surface area contributed by atoms with Crippen molar-refractivity contribution in [3.8, 4) is 11.4 Å². The van der Waals surface area contributed by atoms with E-state index in [0.717, 1.165) is 6.07 Å². The van der Waals surface area contributed by atoms with E-state index in [-0.39, 0.29) is 18.0 Å². The molecular formula is C16H14F3N3O. The third kappa shape index (κ3) is 2.74. The van der Waals surface area contributed by atoms with Crippen molar-refractivity contribution in [1.29, 1.82) is 0 Å². The molecule has 0 saturated carbocycles. The number of para-hydroxylation sites is 1. The lowest BCUT2D eigenvalue weighted by molar-refractivity contribution is -0.141. The average Bonchev–Trinajstić information content (AvgIpc) is 2.85. The Kier molecular flexibility index (Phi) is 3.71. The van der Waals surface area contributed by atoms with Crippen LogP contribution in [-0.2, 0) is 6.18 Å². The van der Waals surface area contributed by atoms with Gasteiger partial charge in [-0.15, -0.1) is 0 Å². The fourth-order valence-corrected chi connectivity index (χ4v) is 2.41. The van der Waals surface area contributed by atoms with Crippen molar-refractivity contribution >= 4 is 11.0 Å². The number of fused-ring (bicyclic) bond motifs is 1. The molecule has 0 unspecified atom stereocenters. The number of rotatable bonds is 3. The average molecular weight is 321 g/mol. The summed E-state index contributed by atoms with van der Waals surface area (Å²) in [6.07, 6.45) is -4.56. The molecule has 4 nitrogen and oxygen atoms in total. The number of nitrogens with zero attached hydrogens (tertiary/aromatic N) is 3. The highest BCUT2D eigenvalue weighted by Crippen LogP contribution is 2.36. The summed E-state index contributed by atoms with van der Waals surface area (Å²) in [5.74, 6) is 0.143. The molecule has 3 aromatic rings. The monoisotopic (exact) mass is 321 g/mol. The van der Waals surface area contributed by atoms with E-state index in [0.29, 0.717) is 16.8 Å². The number of aromatic nitrogens is 3. The van der Waals surface area contributed by atoms with E-state index in [1.54, 1.807) is 38.1 Å². The highest BCUT2D eigenvalue weighted by Gasteiger charge is 2.34. The molecule has 0 amide bonds. The highest BCUT2D eigenvalue weighted by molar-refractivity contribution is 5.86. The van der Waals surface area contributed by atoms with Gasteiger partial charge in [0.25, 0.3) is 0 Å². The van der Waals surface area contributed by atoms with E-state index in [9.17, 15) is 13.2 Å². The summed E-state index contributed by atoms with van der Waals surface area (Å²) in [5, 5.41) is 4.82. The van der Waals surface area contributed by atoms with Gasteiger partial charge in [-0.2, -0.15) is 18.3 Å². The lowest BCUT2D eigenvalue weighted by atomic mass is 10.2. The number of hydrogen-bond donors (Lipinski definition) is 0. The van der Waals surface area contributed by atoms with Gasteiger partial charge in [-0.25, -0.2) is 9.67 Å². The fraction of sp³-hybridized carbons (Fsp3) is 0.250. The Balaban J connectivity index is 2.34. The Morgan fingerprint density at radius 2 is 1.87 bits per heavy atom. The summed E-state index contributed by atoms with van der Waals surface area (Å²) in [6.45, 7) is 3.70. The van der Waals surface area contributed by atoms with E-state index >= 15 is 0 Å². The minimum Gasteiger partial charge on any atom is -0.493 e. The normalized spacial score (nSPS) is 11.9. The molecule has 0 saturated heterocycles. The van der Waals surface area contributed by atoms with Gasteiger partial charge in [0, 0.05) is 6.07 Å². The van der Waals surface area contributed by atoms with Crippen molar-refractivity contribution < 1.29 is 17.9 Å². The van der Waals surface area contributed by atoms with Gasteiger partial charge in [0.15, 0.2) is 11.3 Å². The van der Waals surface area contributed by atoms with E-state index < -0.39 is 11.9 Å². The molecule has 0 spiro atoms. The van der Waals surface area contributed by atoms with Gasteiger partial charge in [0.1, 0.15) is 5.75 Å². The third-order valence-corrected chi connectivity index (χ3v) is 3.37. The van der Waals surface area contributed by atoms with Gasteiger partial charge in [0.05, 0.1) is 23.4 Å². The van der Waals surface area contributed by atoms with Crippen LogP contribution in [0, 0.1) is 6.92 Å². The molecule has 120 valence electrons. The summed E-state index contributed by atoms with van der Waals surface area (Å²) >= 11 is 0. The van der Waals surface area contributed by atoms with E-state index in [4.69, 9.17) is 4.74 Å². The van der Waals surface area contributed by atoms with Crippen molar-refractivity contribution in [1.82, 2.24) is 14.8 Å². The maximum atomic E-state index is 13.1. The molecule has 0 bridgehead atoms. The van der Waals surface area contributed by atoms with Crippen LogP contribution in [0.4, 0.5) is 13.2 Å². The number of hydrogen-bond acceptors (Lipinski definition) is 3. The van der Waals surface area contributed by atoms with Gasteiger partial charge in [-0.1, -0.05) is 18.2 Å². The highest BCUT2D eigenvalue weighted by atomic mass is 19.4. The van der Waals surface area contributed by atoms with Crippen LogP contribution in [0.15, 0.2) is 36.4 Å². The summed E-state index contributed by atoms with van der Waals surface area (Å²) in [6, 6.07) is 9.84. The van der Waals surface area contributed by atoms with Crippen molar-refractivity contribution in [3.05, 3.63) is 47.8 Å². The largest absolute Gasteiger partial charge is 0.493 e. The number of ether oxygens (including phenoxy) is 1. The summed E-state index contributed by atoms with van der Waals surface area (Å²) in [7, 11) is 0. The number of alkyl halides is 3. The van der Waals surface area contributed by atoms with Gasteiger partial charge in [-0.3, -0.25) is 0 Å². The first kappa shape index (κ1) is 15.3. The lowest BCUT2D eigenvalue weighted by Crippen LogP contribution is -2.10. The first-order chi connectivity index (χ1) is 10.9. The maximum Gasteiger partial charge on any atom is 0.433 e. The molecular weight excluding hydrogens is 307 g/mol. The van der Waals surface area contributed by atoms with E-state index in [1.807, 2.05) is 6.07 Å². The predicted octanol–water partition coefficient (Wildman–Crippen LogP) is 4.15. The molecule has 7 heteroatoms. The molecule has 23 heavy (non-hydrogen) atoms. The van der Waals surface area contributed by atoms with E-state index in [2.05, 4.69) is 10.1 Å². The standard InChI is InChI=1S/C16H14F3N3O/c1-3-23-12-9-13(16(17,18)19)20-15-14(12)10(2)21-22(15)11-7-5-4-6-8-11/h4-9H,3H2,1-2H3. The van der Waals surface area contributed by atoms with Crippen LogP contribution in [0.25, 0.3) is 16.7 Å². The van der Waals surface area contributed by atoms with E-state index in [1.165, 1.54) is 4.68 Å². The molecule has 2 aromatic heterocycles. The summed E-state index contributed by atoms with van der Waals surface area (Å²) in [4.78, 5) is 3.78. The molecule has 0 fully saturated rings. The zero-order chi connectivity index (χ0) is 16.6. The second-order valence-electron chi connectivity index (χ2n) is 4.97. The molecule has 0 radical (unpaired) electrons. The second-order valence-corrected chi connectivity index (χ2v) is 4.97. The Morgan fingerprint density at radius 1 is 1.17 bits per heavy atom. The molecule has 1 aromatic carbocycles. The Labute approximate surface area is 130 Å². The minimum absolute atomic E-state index is 0.131. The predicted molar refractivity (Wildman–Crippen MR) is 79.8 cm³/mol. The molecule has 3 rings (SSSR count). The minimum atomic E-state index is -4.56. The Morgan fingerprint density at radius 3 is 2.48 bits per heavy atom. The molecule has 0 aliphatic heterocycles. The number of pyridine rings is 1. The van der Waals surface area contributed by atoms with Crippen LogP contribution in [0.5, 0.6) is 5.75 Å². The quantitative estimate of drug-likeness (QED) is 0.727. The van der Waals surface area contributed by atoms with Crippen LogP contribution < -0.4 is 4.74 Å². The van der Waals surface area contributed by atoms with Crippen LogP contribution in [0.1, 0.15) is 18.3 Å². The second kappa shape index (κ2) is 5.57. The topological polar surface area (TPSA) is 39.9 Å². The van der Waals surface area contributed by atoms with Gasteiger partial charge in [-0.05, 0) is 26.0 Å². The first-order valence-electron chi connectivity index (χ1n) is 7.07. The van der Waals surface area contributed by atoms with Crippen LogP contribution in [-0.4, -0.2) is 21.4 Å². The lowest BCUT2D eigenvalue weighted by Gasteiger charge is -2.11. The van der Waals surface area contributed by atoms with Gasteiger partial charge < -0.3 is 4.74 Å². The number of halogens is 3. The summed E-state index contributed by atoms with van der Waals surface area (Å²) in [5.41, 5.74) is 0.339. The zero-order valence-corrected chi connectivity index (χ0v) is 12.6. The SMILES string of the molecule is CCOc1cc(C(F)(F)F)nc2c1c(C)nn2-c1ccccc1. The van der Waals surface area contributed by atoms with Crippen LogP contribution in [0.3, 0.4) is 0 Å². The van der Waals surface area contributed by atoms with Gasteiger partial charge in [0.2, 0.25) is 0 Å². The molecule has 0 aliphatic carbocycles. The summed E-state index contributed by atoms with van der Waals surface area (Å²) < 4.78 is 46.2. The molecule has 0 aliphatic rings. The molecule has 0 atom stereocenters. The number of aryl methyl sites for hydroxylation is 1. The molecule has 2 heterocycles. The number of benzene rings is 1. The van der Waals surface area contributed by atoms with Crippen LogP contribution >= 0.6 is 0 Å². The van der Waals surface area contributed by atoms with Gasteiger partial charge >= 0.3 is 6.18 Å². The first-order valence-corrected chi connectivity index (χ1v) is 7.07. The Hall–Kier alpha value is -2.57. The van der Waals surface area contributed by atoms with Crippen molar-refractivity contribution in [2.75, 3.05) is 6.61 Å². The zero-order valence-electron chi connectivity index (χ0n) is 12.6. The smallest absolute Gasteiger partial charge is 0.433 e.